The van der Waals surface area contributed by atoms with Crippen LogP contribution >= 0.6 is 0 Å². The Bertz CT molecular complexity index is 18.9. The molecule has 0 aromatic rings. The fourth-order valence-corrected chi connectivity index (χ4v) is 0. The molecule has 0 saturated heterocycles. The van der Waals surface area contributed by atoms with Gasteiger partial charge in [-0.3, -0.25) is 0 Å². The van der Waals surface area contributed by atoms with Gasteiger partial charge >= 0.3 is 47.7 Å². The minimum absolute atomic E-state index is 0.251. The van der Waals surface area contributed by atoms with Crippen LogP contribution in [0.3, 0.4) is 0 Å². The van der Waals surface area contributed by atoms with Crippen LogP contribution in [0.5, 0.6) is 0 Å². The topological polar surface area (TPSA) is 0 Å². The molecule has 0 aliphatic carbocycles. The molecule has 0 atom stereocenters. The maximum absolute atomic E-state index is 2.45. The van der Waals surface area contributed by atoms with Gasteiger partial charge in [0, 0.05) is 0 Å². The van der Waals surface area contributed by atoms with Gasteiger partial charge in [-0.05, 0) is 0 Å². The van der Waals surface area contributed by atoms with Crippen LogP contribution < -0.4 is 0 Å². The molecule has 0 amide bonds. The van der Waals surface area contributed by atoms with E-state index in [4.69, 9.17) is 0 Å². The van der Waals surface area contributed by atoms with Gasteiger partial charge in [-0.2, -0.15) is 0 Å². The molecule has 0 fully saturated rings. The van der Waals surface area contributed by atoms with Crippen LogP contribution in [-0.2, 0) is 0 Å². The van der Waals surface area contributed by atoms with Crippen LogP contribution in [0.4, 0.5) is 0 Å². The second-order valence-electron chi connectivity index (χ2n) is 0.908. The molecule has 0 aromatic carbocycles. The maximum atomic E-state index is 2.45. The molecule has 0 unspecified atom stereocenters. The van der Waals surface area contributed by atoms with Crippen LogP contribution in [0.25, 0.3) is 0 Å². The number of rotatable bonds is 1. The van der Waals surface area contributed by atoms with Crippen molar-refractivity contribution in [3.63, 3.8) is 0 Å². The molecule has 32 valence electrons. The van der Waals surface area contributed by atoms with E-state index in [0.29, 0.717) is 17.1 Å². The normalized spacial score (nSPS) is 9.60. The zero-order chi connectivity index (χ0) is 4.28. The average Bonchev–Trinajstić information content (AvgIpc) is 1.38. The summed E-state index contributed by atoms with van der Waals surface area (Å²) >= 11 is 0.329. The van der Waals surface area contributed by atoms with Gasteiger partial charge in [-0.25, -0.2) is 0 Å². The number of hydrogen-bond acceptors (Lipinski definition) is 0. The molecule has 0 bridgehead atoms. The Hall–Kier alpha value is 1.58. The summed E-state index contributed by atoms with van der Waals surface area (Å²) in [7, 11) is 0. The molecule has 0 aromatic heterocycles. The molecular weight excluding hydrogens is 291 g/mol. The molecule has 0 aliphatic heterocycles. The first-order valence-corrected chi connectivity index (χ1v) is 15.7. The molecular formula is C3H9Te2+. The van der Waals surface area contributed by atoms with E-state index in [1.807, 2.05) is 0 Å². The third kappa shape index (κ3) is 5.58. The van der Waals surface area contributed by atoms with Gasteiger partial charge in [0.05, 0.1) is 0 Å². The third-order valence-corrected chi connectivity index (χ3v) is 15.0. The van der Waals surface area contributed by atoms with E-state index in [0.717, 1.165) is 0 Å². The van der Waals surface area contributed by atoms with Crippen LogP contribution in [0.2, 0.25) is 14.9 Å². The van der Waals surface area contributed by atoms with Crippen molar-refractivity contribution in [1.29, 1.82) is 0 Å². The van der Waals surface area contributed by atoms with Crippen molar-refractivity contribution >= 4 is 32.7 Å². The Morgan fingerprint density at radius 2 is 1.60 bits per heavy atom. The summed E-state index contributed by atoms with van der Waals surface area (Å²) in [6, 6.07) is 0. The fourth-order valence-electron chi connectivity index (χ4n) is 0. The molecule has 2 heteroatoms. The Kier molecular flexibility index (Phi) is 4.95. The molecule has 0 N–H and O–H groups in total. The van der Waals surface area contributed by atoms with E-state index in [2.05, 4.69) is 14.9 Å². The number of hydrogen-bond donors (Lipinski definition) is 0. The Morgan fingerprint density at radius 1 is 1.40 bits per heavy atom. The van der Waals surface area contributed by atoms with E-state index in [-0.39, 0.29) is 15.7 Å². The SMILES string of the molecule is C[Te][Te+](C)C. The average molecular weight is 300 g/mol. The summed E-state index contributed by atoms with van der Waals surface area (Å²) in [6.07, 6.45) is 0. The van der Waals surface area contributed by atoms with E-state index < -0.39 is 0 Å². The zero-order valence-electron chi connectivity index (χ0n) is 3.82. The fraction of sp³-hybridized carbons (Fsp3) is 1.00. The first-order valence-electron chi connectivity index (χ1n) is 1.39. The van der Waals surface area contributed by atoms with Crippen LogP contribution in [-0.4, -0.2) is 32.7 Å². The summed E-state index contributed by atoms with van der Waals surface area (Å²) in [4.78, 5) is 7.30. The van der Waals surface area contributed by atoms with E-state index in [1.54, 1.807) is 0 Å². The second kappa shape index (κ2) is 3.76. The first kappa shape index (κ1) is 6.58. The van der Waals surface area contributed by atoms with Gasteiger partial charge in [-0.15, -0.1) is 0 Å². The Balaban J connectivity index is 2.54. The Labute approximate surface area is 47.2 Å². The van der Waals surface area contributed by atoms with Crippen molar-refractivity contribution in [2.75, 3.05) is 0 Å². The summed E-state index contributed by atoms with van der Waals surface area (Å²) in [5, 5.41) is 0. The van der Waals surface area contributed by atoms with Crippen molar-refractivity contribution in [2.45, 2.75) is 14.9 Å². The summed E-state index contributed by atoms with van der Waals surface area (Å²) in [5.74, 6) is 0. The summed E-state index contributed by atoms with van der Waals surface area (Å²) in [5.41, 5.74) is 0. The van der Waals surface area contributed by atoms with E-state index in [9.17, 15) is 0 Å². The predicted molar refractivity (Wildman–Crippen MR) is 29.1 cm³/mol. The predicted octanol–water partition coefficient (Wildman–Crippen LogP) is 0.990. The van der Waals surface area contributed by atoms with E-state index >= 15 is 0 Å². The van der Waals surface area contributed by atoms with E-state index in [1.165, 1.54) is 0 Å². The van der Waals surface area contributed by atoms with Crippen LogP contribution in [0.15, 0.2) is 0 Å². The monoisotopic (exact) mass is 305 g/mol. The van der Waals surface area contributed by atoms with Crippen LogP contribution in [0.1, 0.15) is 0 Å². The van der Waals surface area contributed by atoms with Gasteiger partial charge in [0.2, 0.25) is 0 Å². The van der Waals surface area contributed by atoms with Crippen molar-refractivity contribution in [2.24, 2.45) is 0 Å². The van der Waals surface area contributed by atoms with Crippen molar-refractivity contribution in [3.8, 4) is 0 Å². The van der Waals surface area contributed by atoms with Gasteiger partial charge in [0.25, 0.3) is 0 Å². The molecule has 0 rings (SSSR count). The molecule has 0 saturated carbocycles. The van der Waals surface area contributed by atoms with Gasteiger partial charge in [0.15, 0.2) is 0 Å². The van der Waals surface area contributed by atoms with Crippen LogP contribution in [0, 0.1) is 0 Å². The van der Waals surface area contributed by atoms with Gasteiger partial charge < -0.3 is 0 Å². The van der Waals surface area contributed by atoms with Gasteiger partial charge in [-0.1, -0.05) is 0 Å². The molecule has 5 heavy (non-hydrogen) atoms. The van der Waals surface area contributed by atoms with Gasteiger partial charge in [0.1, 0.15) is 0 Å². The standard InChI is InChI=1S/C3H9Te2/c1-4-5(2)3/h1-3H3/q+1. The zero-order valence-corrected chi connectivity index (χ0v) is 8.48. The molecule has 0 spiro atoms. The third-order valence-electron chi connectivity index (χ3n) is 0.333. The summed E-state index contributed by atoms with van der Waals surface area (Å²) in [6.45, 7) is 0. The minimum atomic E-state index is -0.251. The molecule has 0 aliphatic rings. The Morgan fingerprint density at radius 3 is 1.60 bits per heavy atom. The molecule has 0 heterocycles. The first-order chi connectivity index (χ1) is 2.27. The second-order valence-corrected chi connectivity index (χ2v) is 25.2. The van der Waals surface area contributed by atoms with Crippen molar-refractivity contribution in [3.05, 3.63) is 0 Å². The summed E-state index contributed by atoms with van der Waals surface area (Å²) < 4.78 is 0. The quantitative estimate of drug-likeness (QED) is 0.634. The molecule has 0 radical (unpaired) electrons. The van der Waals surface area contributed by atoms with Crippen molar-refractivity contribution in [1.82, 2.24) is 0 Å². The van der Waals surface area contributed by atoms with Crippen molar-refractivity contribution < 1.29 is 0 Å². The molecule has 0 nitrogen and oxygen atoms in total.